The van der Waals surface area contributed by atoms with Crippen LogP contribution in [0.15, 0.2) is 29.5 Å². The van der Waals surface area contributed by atoms with Crippen LogP contribution in [0.3, 0.4) is 0 Å². The number of halogens is 6. The summed E-state index contributed by atoms with van der Waals surface area (Å²) in [7, 11) is 1.11. The molecule has 1 fully saturated rings. The normalized spacial score (nSPS) is 18.2. The Labute approximate surface area is 158 Å². The molecule has 0 spiro atoms. The van der Waals surface area contributed by atoms with Crippen molar-refractivity contribution in [3.63, 3.8) is 0 Å². The van der Waals surface area contributed by atoms with E-state index in [0.717, 1.165) is 30.3 Å². The molecule has 0 aliphatic heterocycles. The van der Waals surface area contributed by atoms with Gasteiger partial charge in [0.15, 0.2) is 17.3 Å². The van der Waals surface area contributed by atoms with E-state index in [4.69, 9.17) is 4.74 Å². The molecular formula is C17H12F6N4O2. The zero-order chi connectivity index (χ0) is 21.1. The van der Waals surface area contributed by atoms with E-state index in [1.54, 1.807) is 0 Å². The molecule has 1 aliphatic rings. The molecule has 0 aromatic carbocycles. The van der Waals surface area contributed by atoms with Crippen molar-refractivity contribution in [2.24, 2.45) is 5.92 Å². The van der Waals surface area contributed by atoms with Crippen molar-refractivity contribution in [1.29, 1.82) is 0 Å². The third-order valence-electron chi connectivity index (χ3n) is 4.65. The molecule has 12 heteroatoms. The summed E-state index contributed by atoms with van der Waals surface area (Å²) in [6.07, 6.45) is -2.65. The maximum atomic E-state index is 14.0. The van der Waals surface area contributed by atoms with Gasteiger partial charge in [0.2, 0.25) is 0 Å². The molecule has 3 heterocycles. The monoisotopic (exact) mass is 418 g/mol. The minimum absolute atomic E-state index is 0.206. The van der Waals surface area contributed by atoms with Gasteiger partial charge in [-0.2, -0.15) is 18.3 Å². The number of alkyl halides is 5. The lowest BCUT2D eigenvalue weighted by molar-refractivity contribution is -0.140. The first kappa shape index (κ1) is 19.3. The smallest absolute Gasteiger partial charge is 0.434 e. The summed E-state index contributed by atoms with van der Waals surface area (Å²) in [6.45, 7) is -0.206. The zero-order valence-electron chi connectivity index (χ0n) is 14.7. The summed E-state index contributed by atoms with van der Waals surface area (Å²) in [6, 6.07) is 0.869. The molecule has 0 radical (unpaired) electrons. The highest BCUT2D eigenvalue weighted by Crippen LogP contribution is 2.49. The van der Waals surface area contributed by atoms with Crippen molar-refractivity contribution < 1.29 is 31.1 Å². The van der Waals surface area contributed by atoms with Crippen LogP contribution >= 0.6 is 0 Å². The molecule has 0 saturated heterocycles. The van der Waals surface area contributed by atoms with Crippen molar-refractivity contribution in [2.75, 3.05) is 7.11 Å². The van der Waals surface area contributed by atoms with Crippen molar-refractivity contribution in [1.82, 2.24) is 19.2 Å². The second-order valence-electron chi connectivity index (χ2n) is 6.67. The molecule has 1 aliphatic carbocycles. The predicted octanol–water partition coefficient (Wildman–Crippen LogP) is 3.38. The molecule has 3 aromatic rings. The molecule has 154 valence electrons. The zero-order valence-corrected chi connectivity index (χ0v) is 14.7. The van der Waals surface area contributed by atoms with Crippen molar-refractivity contribution >= 4 is 5.65 Å². The van der Waals surface area contributed by atoms with Crippen LogP contribution in [0.5, 0.6) is 5.75 Å². The molecule has 4 rings (SSSR count). The number of fused-ring (bicyclic) bond motifs is 1. The number of ether oxygens (including phenoxy) is 1. The second kappa shape index (κ2) is 6.22. The van der Waals surface area contributed by atoms with E-state index >= 15 is 0 Å². The van der Waals surface area contributed by atoms with Crippen molar-refractivity contribution in [2.45, 2.75) is 25.1 Å². The standard InChI is InChI=1S/C17H12F6N4O2/c1-29-11-2-12-25-14(17(21,22)23)13(15(28)27(12)7-10(11)18)8-4-24-26(5-8)6-9-3-16(9,19)20/h2,4-5,7,9H,3,6H2,1H3/t9-/m1/s1. The lowest BCUT2D eigenvalue weighted by Gasteiger charge is -2.13. The highest BCUT2D eigenvalue weighted by Gasteiger charge is 2.56. The van der Waals surface area contributed by atoms with E-state index < -0.39 is 46.3 Å². The van der Waals surface area contributed by atoms with Gasteiger partial charge >= 0.3 is 6.18 Å². The van der Waals surface area contributed by atoms with E-state index in [0.29, 0.717) is 10.6 Å². The second-order valence-corrected chi connectivity index (χ2v) is 6.67. The summed E-state index contributed by atoms with van der Waals surface area (Å²) >= 11 is 0. The highest BCUT2D eigenvalue weighted by atomic mass is 19.4. The largest absolute Gasteiger partial charge is 0.493 e. The van der Waals surface area contributed by atoms with Gasteiger partial charge in [-0.1, -0.05) is 0 Å². The number of aromatic nitrogens is 4. The molecule has 3 aromatic heterocycles. The van der Waals surface area contributed by atoms with Gasteiger partial charge in [-0.25, -0.2) is 18.2 Å². The number of nitrogens with zero attached hydrogens (tertiary/aromatic N) is 4. The summed E-state index contributed by atoms with van der Waals surface area (Å²) < 4.78 is 87.3. The van der Waals surface area contributed by atoms with Crippen LogP contribution in [0.1, 0.15) is 12.1 Å². The van der Waals surface area contributed by atoms with Crippen LogP contribution in [0, 0.1) is 11.7 Å². The van der Waals surface area contributed by atoms with E-state index in [-0.39, 0.29) is 24.3 Å². The van der Waals surface area contributed by atoms with E-state index in [2.05, 4.69) is 10.1 Å². The van der Waals surface area contributed by atoms with Gasteiger partial charge in [0.1, 0.15) is 5.65 Å². The van der Waals surface area contributed by atoms with E-state index in [9.17, 15) is 31.1 Å². The SMILES string of the molecule is COc1cc2nc(C(F)(F)F)c(-c3cnn(C[C@H]4CC4(F)F)c3)c(=O)n2cc1F. The molecule has 0 amide bonds. The lowest BCUT2D eigenvalue weighted by Crippen LogP contribution is -2.24. The Morgan fingerprint density at radius 2 is 2.00 bits per heavy atom. The first-order chi connectivity index (χ1) is 13.5. The molecule has 1 saturated carbocycles. The van der Waals surface area contributed by atoms with Crippen LogP contribution in [-0.4, -0.2) is 32.2 Å². The topological polar surface area (TPSA) is 61.4 Å². The Morgan fingerprint density at radius 3 is 2.59 bits per heavy atom. The third-order valence-corrected chi connectivity index (χ3v) is 4.65. The van der Waals surface area contributed by atoms with Crippen LogP contribution in [0.25, 0.3) is 16.8 Å². The number of hydrogen-bond acceptors (Lipinski definition) is 4. The quantitative estimate of drug-likeness (QED) is 0.610. The highest BCUT2D eigenvalue weighted by molar-refractivity contribution is 5.66. The minimum atomic E-state index is -5.00. The molecule has 1 atom stereocenters. The Bertz CT molecular complexity index is 1170. The van der Waals surface area contributed by atoms with Crippen LogP contribution in [0.4, 0.5) is 26.3 Å². The van der Waals surface area contributed by atoms with Crippen LogP contribution in [0.2, 0.25) is 0 Å². The lowest BCUT2D eigenvalue weighted by atomic mass is 10.1. The summed E-state index contributed by atoms with van der Waals surface area (Å²) in [5.41, 5.74) is -4.25. The maximum Gasteiger partial charge on any atom is 0.434 e. The fraction of sp³-hybridized carbons (Fsp3) is 0.353. The number of rotatable bonds is 4. The van der Waals surface area contributed by atoms with Gasteiger partial charge in [-0.05, 0) is 0 Å². The minimum Gasteiger partial charge on any atom is -0.493 e. The number of hydrogen-bond donors (Lipinski definition) is 0. The van der Waals surface area contributed by atoms with Gasteiger partial charge in [0.25, 0.3) is 11.5 Å². The summed E-state index contributed by atoms with van der Waals surface area (Å²) in [5, 5.41) is 3.77. The molecule has 0 bridgehead atoms. The van der Waals surface area contributed by atoms with Gasteiger partial charge in [0, 0.05) is 36.7 Å². The van der Waals surface area contributed by atoms with E-state index in [1.807, 2.05) is 0 Å². The average Bonchev–Trinajstić information content (AvgIpc) is 3.01. The Balaban J connectivity index is 1.88. The fourth-order valence-corrected chi connectivity index (χ4v) is 3.05. The maximum absolute atomic E-state index is 14.0. The average molecular weight is 418 g/mol. The molecule has 29 heavy (non-hydrogen) atoms. The van der Waals surface area contributed by atoms with Gasteiger partial charge in [-0.15, -0.1) is 0 Å². The van der Waals surface area contributed by atoms with Crippen LogP contribution < -0.4 is 10.3 Å². The molecule has 0 unspecified atom stereocenters. The number of methoxy groups -OCH3 is 1. The Morgan fingerprint density at radius 1 is 1.31 bits per heavy atom. The van der Waals surface area contributed by atoms with Crippen molar-refractivity contribution in [3.05, 3.63) is 46.5 Å². The van der Waals surface area contributed by atoms with Crippen LogP contribution in [-0.2, 0) is 12.7 Å². The van der Waals surface area contributed by atoms with Crippen molar-refractivity contribution in [3.8, 4) is 16.9 Å². The third kappa shape index (κ3) is 3.32. The summed E-state index contributed by atoms with van der Waals surface area (Å²) in [4.78, 5) is 16.2. The molecule has 0 N–H and O–H groups in total. The van der Waals surface area contributed by atoms with Gasteiger partial charge in [-0.3, -0.25) is 13.9 Å². The number of pyridine rings is 1. The fourth-order valence-electron chi connectivity index (χ4n) is 3.05. The Kier molecular flexibility index (Phi) is 4.14. The first-order valence-electron chi connectivity index (χ1n) is 8.29. The van der Waals surface area contributed by atoms with Gasteiger partial charge < -0.3 is 4.74 Å². The molecule has 6 nitrogen and oxygen atoms in total. The predicted molar refractivity (Wildman–Crippen MR) is 87.2 cm³/mol. The molecular weight excluding hydrogens is 406 g/mol. The summed E-state index contributed by atoms with van der Waals surface area (Å²) in [5.74, 6) is -5.14. The van der Waals surface area contributed by atoms with E-state index in [1.165, 1.54) is 0 Å². The van der Waals surface area contributed by atoms with Gasteiger partial charge in [0.05, 0.1) is 25.1 Å². The Hall–Kier alpha value is -3.05. The first-order valence-corrected chi connectivity index (χ1v) is 8.29.